The van der Waals surface area contributed by atoms with Crippen molar-refractivity contribution in [1.29, 1.82) is 0 Å². The molecule has 0 fully saturated rings. The smallest absolute Gasteiger partial charge is 0.184 e. The summed E-state index contributed by atoms with van der Waals surface area (Å²) in [7, 11) is 1.35. The number of hydrogen-bond donors (Lipinski definition) is 0. The van der Waals surface area contributed by atoms with Crippen molar-refractivity contribution in [1.82, 2.24) is 4.98 Å². The second-order valence-electron chi connectivity index (χ2n) is 1.64. The van der Waals surface area contributed by atoms with Gasteiger partial charge >= 0.3 is 0 Å². The van der Waals surface area contributed by atoms with E-state index in [1.807, 2.05) is 0 Å². The second kappa shape index (κ2) is 2.84. The third kappa shape index (κ3) is 1.19. The summed E-state index contributed by atoms with van der Waals surface area (Å²) in [6.45, 7) is 0. The lowest BCUT2D eigenvalue weighted by Crippen LogP contribution is -1.89. The summed E-state index contributed by atoms with van der Waals surface area (Å²) in [5.41, 5.74) is 0. The topological polar surface area (TPSA) is 22.1 Å². The summed E-state index contributed by atoms with van der Waals surface area (Å²) >= 11 is 5.50. The Morgan fingerprint density at radius 1 is 1.60 bits per heavy atom. The van der Waals surface area contributed by atoms with Crippen LogP contribution in [0.3, 0.4) is 0 Å². The maximum absolute atomic E-state index is 12.6. The number of rotatable bonds is 1. The van der Waals surface area contributed by atoms with Crippen LogP contribution in [0, 0.1) is 5.82 Å². The highest BCUT2D eigenvalue weighted by molar-refractivity contribution is 6.31. The summed E-state index contributed by atoms with van der Waals surface area (Å²) in [6.07, 6.45) is 2.37. The molecular weight excluding hydrogens is 157 g/mol. The Morgan fingerprint density at radius 3 is 2.70 bits per heavy atom. The highest BCUT2D eigenvalue weighted by atomic mass is 35.5. The van der Waals surface area contributed by atoms with Gasteiger partial charge < -0.3 is 4.74 Å². The minimum absolute atomic E-state index is 0.0386. The van der Waals surface area contributed by atoms with Gasteiger partial charge in [-0.15, -0.1) is 0 Å². The normalized spacial score (nSPS) is 9.50. The Labute approximate surface area is 62.6 Å². The van der Waals surface area contributed by atoms with Gasteiger partial charge in [0.25, 0.3) is 0 Å². The molecule has 2 nitrogen and oxygen atoms in total. The van der Waals surface area contributed by atoms with Crippen molar-refractivity contribution >= 4 is 11.6 Å². The van der Waals surface area contributed by atoms with Crippen LogP contribution in [0.25, 0.3) is 0 Å². The van der Waals surface area contributed by atoms with Crippen molar-refractivity contribution in [3.8, 4) is 5.75 Å². The molecule has 0 saturated heterocycles. The highest BCUT2D eigenvalue weighted by Crippen LogP contribution is 2.24. The Bertz CT molecular complexity index is 221. The zero-order valence-electron chi connectivity index (χ0n) is 5.27. The van der Waals surface area contributed by atoms with Crippen LogP contribution in [-0.2, 0) is 0 Å². The number of methoxy groups -OCH3 is 1. The Morgan fingerprint density at radius 2 is 2.30 bits per heavy atom. The van der Waals surface area contributed by atoms with E-state index >= 15 is 0 Å². The van der Waals surface area contributed by atoms with Crippen molar-refractivity contribution in [2.75, 3.05) is 7.11 Å². The minimum atomic E-state index is -0.546. The molecule has 1 heterocycles. The third-order valence-corrected chi connectivity index (χ3v) is 1.28. The fourth-order valence-corrected chi connectivity index (χ4v) is 0.818. The van der Waals surface area contributed by atoms with Gasteiger partial charge in [0.15, 0.2) is 11.6 Å². The van der Waals surface area contributed by atoms with Gasteiger partial charge in [-0.3, -0.25) is 4.98 Å². The van der Waals surface area contributed by atoms with Gasteiger partial charge in [-0.05, 0) is 0 Å². The van der Waals surface area contributed by atoms with E-state index < -0.39 is 5.82 Å². The molecule has 0 aliphatic heterocycles. The SMILES string of the molecule is COc1c(F)cncc1Cl. The summed E-state index contributed by atoms with van der Waals surface area (Å²) in [5.74, 6) is -0.508. The van der Waals surface area contributed by atoms with E-state index in [9.17, 15) is 4.39 Å². The first-order valence-electron chi connectivity index (χ1n) is 2.58. The molecule has 4 heteroatoms. The lowest BCUT2D eigenvalue weighted by Gasteiger charge is -2.00. The van der Waals surface area contributed by atoms with Gasteiger partial charge in [-0.2, -0.15) is 0 Å². The quantitative estimate of drug-likeness (QED) is 0.628. The van der Waals surface area contributed by atoms with E-state index in [2.05, 4.69) is 9.72 Å². The molecule has 0 unspecified atom stereocenters. The first kappa shape index (κ1) is 7.28. The molecule has 0 aliphatic carbocycles. The first-order valence-corrected chi connectivity index (χ1v) is 2.96. The lowest BCUT2D eigenvalue weighted by molar-refractivity contribution is 0.385. The standard InChI is InChI=1S/C6H5ClFNO/c1-10-6-4(7)2-9-3-5(6)8/h2-3H,1H3. The van der Waals surface area contributed by atoms with Gasteiger partial charge in [0.1, 0.15) is 5.02 Å². The number of halogens is 2. The number of aromatic nitrogens is 1. The summed E-state index contributed by atoms with van der Waals surface area (Å²) in [6, 6.07) is 0. The molecule has 0 atom stereocenters. The van der Waals surface area contributed by atoms with E-state index in [4.69, 9.17) is 11.6 Å². The molecule has 0 radical (unpaired) electrons. The molecule has 54 valence electrons. The maximum atomic E-state index is 12.6. The van der Waals surface area contributed by atoms with E-state index in [0.717, 1.165) is 6.20 Å². The second-order valence-corrected chi connectivity index (χ2v) is 2.04. The van der Waals surface area contributed by atoms with Crippen LogP contribution >= 0.6 is 11.6 Å². The van der Waals surface area contributed by atoms with Gasteiger partial charge in [0.05, 0.1) is 13.3 Å². The van der Waals surface area contributed by atoms with Crippen LogP contribution in [0.5, 0.6) is 5.75 Å². The lowest BCUT2D eigenvalue weighted by atomic mass is 10.4. The molecule has 0 bridgehead atoms. The molecule has 1 aromatic rings. The van der Waals surface area contributed by atoms with Crippen LogP contribution in [0.4, 0.5) is 4.39 Å². The summed E-state index contributed by atoms with van der Waals surface area (Å²) in [4.78, 5) is 3.51. The highest BCUT2D eigenvalue weighted by Gasteiger charge is 2.05. The minimum Gasteiger partial charge on any atom is -0.492 e. The number of nitrogens with zero attached hydrogens (tertiary/aromatic N) is 1. The molecule has 0 saturated carbocycles. The van der Waals surface area contributed by atoms with E-state index in [0.29, 0.717) is 0 Å². The number of pyridine rings is 1. The molecule has 1 rings (SSSR count). The number of hydrogen-bond acceptors (Lipinski definition) is 2. The Balaban J connectivity index is 3.17. The van der Waals surface area contributed by atoms with E-state index in [-0.39, 0.29) is 10.8 Å². The molecule has 0 aliphatic rings. The van der Waals surface area contributed by atoms with Gasteiger partial charge in [0.2, 0.25) is 0 Å². The zero-order valence-corrected chi connectivity index (χ0v) is 6.02. The third-order valence-electron chi connectivity index (χ3n) is 1.01. The van der Waals surface area contributed by atoms with Crippen molar-refractivity contribution in [3.63, 3.8) is 0 Å². The molecule has 10 heavy (non-hydrogen) atoms. The van der Waals surface area contributed by atoms with E-state index in [1.54, 1.807) is 0 Å². The first-order chi connectivity index (χ1) is 4.75. The van der Waals surface area contributed by atoms with Crippen molar-refractivity contribution in [2.24, 2.45) is 0 Å². The predicted octanol–water partition coefficient (Wildman–Crippen LogP) is 1.88. The van der Waals surface area contributed by atoms with Gasteiger partial charge in [0, 0.05) is 6.20 Å². The zero-order chi connectivity index (χ0) is 7.56. The van der Waals surface area contributed by atoms with Gasteiger partial charge in [-0.1, -0.05) is 11.6 Å². The van der Waals surface area contributed by atoms with Crippen LogP contribution < -0.4 is 4.74 Å². The van der Waals surface area contributed by atoms with Crippen LogP contribution in [0.15, 0.2) is 12.4 Å². The van der Waals surface area contributed by atoms with Crippen LogP contribution in [0.1, 0.15) is 0 Å². The van der Waals surface area contributed by atoms with E-state index in [1.165, 1.54) is 13.3 Å². The van der Waals surface area contributed by atoms with Crippen molar-refractivity contribution in [2.45, 2.75) is 0 Å². The average molecular weight is 162 g/mol. The van der Waals surface area contributed by atoms with Gasteiger partial charge in [-0.25, -0.2) is 4.39 Å². The maximum Gasteiger partial charge on any atom is 0.184 e. The summed E-state index contributed by atoms with van der Waals surface area (Å²) in [5, 5.41) is 0.183. The largest absolute Gasteiger partial charge is 0.492 e. The molecule has 0 amide bonds. The van der Waals surface area contributed by atoms with Crippen LogP contribution in [-0.4, -0.2) is 12.1 Å². The molecule has 0 N–H and O–H groups in total. The van der Waals surface area contributed by atoms with Crippen LogP contribution in [0.2, 0.25) is 5.02 Å². The molecule has 1 aromatic heterocycles. The number of ether oxygens (including phenoxy) is 1. The predicted molar refractivity (Wildman–Crippen MR) is 35.8 cm³/mol. The fraction of sp³-hybridized carbons (Fsp3) is 0.167. The molecule has 0 aromatic carbocycles. The average Bonchev–Trinajstić information content (AvgIpc) is 1.88. The molecular formula is C6H5ClFNO. The fourth-order valence-electron chi connectivity index (χ4n) is 0.594. The monoisotopic (exact) mass is 161 g/mol. The van der Waals surface area contributed by atoms with Crippen molar-refractivity contribution < 1.29 is 9.13 Å². The summed E-state index contributed by atoms with van der Waals surface area (Å²) < 4.78 is 17.2. The molecule has 0 spiro atoms. The Hall–Kier alpha value is -0.830. The van der Waals surface area contributed by atoms with Crippen molar-refractivity contribution in [3.05, 3.63) is 23.2 Å². The Kier molecular flexibility index (Phi) is 2.06.